The third-order valence-corrected chi connectivity index (χ3v) is 2.90. The maximum absolute atomic E-state index is 11.5. The molecule has 0 saturated carbocycles. The molecule has 0 unspecified atom stereocenters. The second-order valence-electron chi connectivity index (χ2n) is 4.02. The van der Waals surface area contributed by atoms with Crippen molar-refractivity contribution in [3.63, 3.8) is 0 Å². The maximum Gasteiger partial charge on any atom is 0.227 e. The highest BCUT2D eigenvalue weighted by atomic mass is 16.5. The van der Waals surface area contributed by atoms with E-state index in [9.17, 15) is 19.8 Å². The summed E-state index contributed by atoms with van der Waals surface area (Å²) in [7, 11) is 2.85. The van der Waals surface area contributed by atoms with Crippen LogP contribution in [0.25, 0.3) is 11.6 Å². The third-order valence-electron chi connectivity index (χ3n) is 2.90. The summed E-state index contributed by atoms with van der Waals surface area (Å²) in [5, 5.41) is 20.2. The molecule has 0 bridgehead atoms. The lowest BCUT2D eigenvalue weighted by molar-refractivity contribution is -0.129. The zero-order valence-corrected chi connectivity index (χ0v) is 10.3. The summed E-state index contributed by atoms with van der Waals surface area (Å²) in [5.41, 5.74) is -0.390. The summed E-state index contributed by atoms with van der Waals surface area (Å²) in [6.45, 7) is 0. The number of carbonyl (C=O) groups is 2. The van der Waals surface area contributed by atoms with Gasteiger partial charge in [-0.3, -0.25) is 9.59 Å². The van der Waals surface area contributed by atoms with Gasteiger partial charge in [-0.15, -0.1) is 0 Å². The van der Waals surface area contributed by atoms with Crippen LogP contribution in [0.15, 0.2) is 12.1 Å². The second-order valence-corrected chi connectivity index (χ2v) is 4.02. The fraction of sp³-hybridized carbons (Fsp3) is 0.231. The van der Waals surface area contributed by atoms with Crippen LogP contribution in [0.5, 0.6) is 11.5 Å². The molecule has 0 radical (unpaired) electrons. The Morgan fingerprint density at radius 1 is 1.21 bits per heavy atom. The highest BCUT2D eigenvalue weighted by molar-refractivity contribution is 6.45. The minimum absolute atomic E-state index is 0.0379. The van der Waals surface area contributed by atoms with Crippen LogP contribution in [0.4, 0.5) is 0 Å². The van der Waals surface area contributed by atoms with Crippen molar-refractivity contribution >= 4 is 23.7 Å². The largest absolute Gasteiger partial charge is 0.493 e. The van der Waals surface area contributed by atoms with Gasteiger partial charge in [0.25, 0.3) is 0 Å². The van der Waals surface area contributed by atoms with Crippen molar-refractivity contribution in [3.05, 3.63) is 22.6 Å². The van der Waals surface area contributed by atoms with Crippen molar-refractivity contribution < 1.29 is 29.3 Å². The van der Waals surface area contributed by atoms with E-state index >= 15 is 0 Å². The first-order valence-corrected chi connectivity index (χ1v) is 5.38. The summed E-state index contributed by atoms with van der Waals surface area (Å²) < 4.78 is 10.2. The van der Waals surface area contributed by atoms with E-state index in [1.165, 1.54) is 26.4 Å². The van der Waals surface area contributed by atoms with Gasteiger partial charge in [-0.1, -0.05) is 0 Å². The number of ether oxygens (including phenoxy) is 2. The first-order chi connectivity index (χ1) is 8.94. The molecule has 1 aromatic carbocycles. The smallest absolute Gasteiger partial charge is 0.227 e. The van der Waals surface area contributed by atoms with E-state index in [1.807, 2.05) is 0 Å². The molecule has 0 aromatic heterocycles. The fourth-order valence-electron chi connectivity index (χ4n) is 2.09. The molecular weight excluding hydrogens is 252 g/mol. The average molecular weight is 264 g/mol. The second kappa shape index (κ2) is 4.49. The number of Topliss-reactive ketones (excluding diaryl/α,β-unsaturated/α-hetero) is 1. The summed E-state index contributed by atoms with van der Waals surface area (Å²) in [5.74, 6) is -2.76. The van der Waals surface area contributed by atoms with Crippen molar-refractivity contribution in [2.24, 2.45) is 0 Å². The van der Waals surface area contributed by atoms with Crippen LogP contribution in [0.1, 0.15) is 0 Å². The minimum atomic E-state index is -2.47. The molecule has 1 aliphatic carbocycles. The van der Waals surface area contributed by atoms with Crippen LogP contribution in [-0.4, -0.2) is 42.3 Å². The fourth-order valence-corrected chi connectivity index (χ4v) is 2.09. The van der Waals surface area contributed by atoms with E-state index in [4.69, 9.17) is 9.47 Å². The number of methoxy groups -OCH3 is 2. The normalized spacial score (nSPS) is 15.5. The average Bonchev–Trinajstić information content (AvgIpc) is 2.65. The van der Waals surface area contributed by atoms with Gasteiger partial charge >= 0.3 is 0 Å². The van der Waals surface area contributed by atoms with E-state index in [0.717, 1.165) is 6.08 Å². The number of hydrogen-bond donors (Lipinski definition) is 2. The lowest BCUT2D eigenvalue weighted by Gasteiger charge is -2.14. The van der Waals surface area contributed by atoms with Crippen LogP contribution in [0.2, 0.25) is 0 Å². The van der Waals surface area contributed by atoms with Crippen LogP contribution >= 0.6 is 0 Å². The molecular formula is C13H12O6. The van der Waals surface area contributed by atoms with Crippen LogP contribution in [0, 0.1) is 0 Å². The molecule has 19 heavy (non-hydrogen) atoms. The highest BCUT2D eigenvalue weighted by Crippen LogP contribution is 2.25. The molecule has 1 aromatic rings. The van der Waals surface area contributed by atoms with E-state index in [-0.39, 0.29) is 11.5 Å². The van der Waals surface area contributed by atoms with Crippen molar-refractivity contribution in [2.45, 2.75) is 5.79 Å². The first kappa shape index (κ1) is 13.3. The quantitative estimate of drug-likeness (QED) is 0.375. The number of ketones is 1. The lowest BCUT2D eigenvalue weighted by Crippen LogP contribution is -2.33. The van der Waals surface area contributed by atoms with Gasteiger partial charge in [0.1, 0.15) is 0 Å². The molecule has 100 valence electrons. The Kier molecular flexibility index (Phi) is 3.13. The van der Waals surface area contributed by atoms with Crippen LogP contribution in [0.3, 0.4) is 0 Å². The van der Waals surface area contributed by atoms with Crippen molar-refractivity contribution in [1.29, 1.82) is 0 Å². The zero-order valence-electron chi connectivity index (χ0n) is 10.3. The number of aliphatic hydroxyl groups is 2. The molecule has 2 N–H and O–H groups in total. The van der Waals surface area contributed by atoms with Crippen LogP contribution < -0.4 is 19.9 Å². The van der Waals surface area contributed by atoms with Crippen molar-refractivity contribution in [2.75, 3.05) is 14.2 Å². The molecule has 0 saturated heterocycles. The Labute approximate surface area is 108 Å². The van der Waals surface area contributed by atoms with Gasteiger partial charge < -0.3 is 19.7 Å². The molecule has 2 rings (SSSR count). The molecule has 0 amide bonds. The molecule has 0 aliphatic heterocycles. The van der Waals surface area contributed by atoms with E-state index in [1.54, 1.807) is 0 Å². The minimum Gasteiger partial charge on any atom is -0.493 e. The van der Waals surface area contributed by atoms with Crippen molar-refractivity contribution in [3.8, 4) is 11.5 Å². The van der Waals surface area contributed by atoms with E-state index < -0.39 is 17.1 Å². The molecule has 0 atom stereocenters. The van der Waals surface area contributed by atoms with E-state index in [0.29, 0.717) is 16.7 Å². The molecule has 0 heterocycles. The highest BCUT2D eigenvalue weighted by Gasteiger charge is 2.35. The SMILES string of the molecule is COc1cc2c(cc1OC)=C(C(=O)C=O)C(O)(O)C=2. The zero-order chi connectivity index (χ0) is 14.2. The topological polar surface area (TPSA) is 93.1 Å². The summed E-state index contributed by atoms with van der Waals surface area (Å²) in [4.78, 5) is 22.1. The van der Waals surface area contributed by atoms with Crippen molar-refractivity contribution in [1.82, 2.24) is 0 Å². The number of fused-ring (bicyclic) bond motifs is 1. The number of benzene rings is 1. The molecule has 0 fully saturated rings. The first-order valence-electron chi connectivity index (χ1n) is 5.38. The Bertz CT molecular complexity index is 671. The number of hydrogen-bond acceptors (Lipinski definition) is 6. The molecule has 0 spiro atoms. The third kappa shape index (κ3) is 2.00. The predicted octanol–water partition coefficient (Wildman–Crippen LogP) is -1.90. The Morgan fingerprint density at radius 2 is 1.79 bits per heavy atom. The summed E-state index contributed by atoms with van der Waals surface area (Å²) >= 11 is 0. The van der Waals surface area contributed by atoms with Gasteiger partial charge in [-0.05, 0) is 28.6 Å². The Hall–Kier alpha value is -2.18. The monoisotopic (exact) mass is 264 g/mol. The van der Waals surface area contributed by atoms with Gasteiger partial charge in [0.2, 0.25) is 11.6 Å². The Morgan fingerprint density at radius 3 is 2.32 bits per heavy atom. The molecule has 6 nitrogen and oxygen atoms in total. The predicted molar refractivity (Wildman–Crippen MR) is 64.9 cm³/mol. The standard InChI is InChI=1S/C13H12O6/c1-18-10-3-7-5-13(16,17)12(9(15)6-14)8(7)4-11(10)19-2/h3-6,16-17H,1-2H3. The van der Waals surface area contributed by atoms with Gasteiger partial charge in [0.15, 0.2) is 17.8 Å². The number of aldehydes is 1. The van der Waals surface area contributed by atoms with Gasteiger partial charge in [0, 0.05) is 0 Å². The maximum atomic E-state index is 11.5. The van der Waals surface area contributed by atoms with E-state index in [2.05, 4.69) is 0 Å². The van der Waals surface area contributed by atoms with Gasteiger partial charge in [0.05, 0.1) is 19.8 Å². The molecule has 6 heteroatoms. The molecule has 1 aliphatic rings. The Balaban J connectivity index is 2.86. The summed E-state index contributed by atoms with van der Waals surface area (Å²) in [6.07, 6.45) is 1.11. The number of rotatable bonds is 4. The lowest BCUT2D eigenvalue weighted by atomic mass is 10.0. The number of carbonyl (C=O) groups excluding carboxylic acids is 2. The van der Waals surface area contributed by atoms with Crippen LogP contribution in [-0.2, 0) is 9.59 Å². The van der Waals surface area contributed by atoms with Gasteiger partial charge in [-0.25, -0.2) is 0 Å². The van der Waals surface area contributed by atoms with Gasteiger partial charge in [-0.2, -0.15) is 0 Å². The summed E-state index contributed by atoms with van der Waals surface area (Å²) in [6, 6.07) is 2.93.